The van der Waals surface area contributed by atoms with E-state index in [1.807, 2.05) is 0 Å². The highest BCUT2D eigenvalue weighted by Crippen LogP contribution is 2.34. The standard InChI is InChI=1S/C8H10ClF3N2O2S/c1-5(2)14-7(8(10,11)12)6(3-13-14)4-17(9,15)16/h3,5H,4H2,1-2H3. The van der Waals surface area contributed by atoms with Gasteiger partial charge < -0.3 is 0 Å². The van der Waals surface area contributed by atoms with Crippen LogP contribution in [0.2, 0.25) is 0 Å². The first-order valence-electron chi connectivity index (χ1n) is 4.58. The van der Waals surface area contributed by atoms with Crippen LogP contribution in [0.5, 0.6) is 0 Å². The van der Waals surface area contributed by atoms with Gasteiger partial charge in [-0.1, -0.05) is 0 Å². The van der Waals surface area contributed by atoms with Crippen LogP contribution in [0, 0.1) is 0 Å². The molecule has 4 nitrogen and oxygen atoms in total. The Morgan fingerprint density at radius 3 is 2.35 bits per heavy atom. The molecule has 0 saturated carbocycles. The number of halogens is 4. The van der Waals surface area contributed by atoms with Crippen molar-refractivity contribution in [3.63, 3.8) is 0 Å². The van der Waals surface area contributed by atoms with Crippen molar-refractivity contribution in [2.45, 2.75) is 31.8 Å². The molecule has 1 rings (SSSR count). The van der Waals surface area contributed by atoms with Crippen LogP contribution >= 0.6 is 10.7 Å². The number of aromatic nitrogens is 2. The van der Waals surface area contributed by atoms with Crippen LogP contribution in [0.4, 0.5) is 13.2 Å². The average Bonchev–Trinajstić information content (AvgIpc) is 2.43. The van der Waals surface area contributed by atoms with Crippen molar-refractivity contribution in [1.82, 2.24) is 9.78 Å². The molecule has 1 aromatic heterocycles. The molecule has 9 heteroatoms. The van der Waals surface area contributed by atoms with E-state index in [-0.39, 0.29) is 0 Å². The molecule has 0 amide bonds. The van der Waals surface area contributed by atoms with Crippen LogP contribution in [-0.2, 0) is 21.0 Å². The molecular formula is C8H10ClF3N2O2S. The van der Waals surface area contributed by atoms with Gasteiger partial charge in [0.2, 0.25) is 9.05 Å². The molecular weight excluding hydrogens is 281 g/mol. The molecule has 0 fully saturated rings. The second-order valence-electron chi connectivity index (χ2n) is 3.74. The molecule has 0 aliphatic heterocycles. The van der Waals surface area contributed by atoms with Crippen molar-refractivity contribution in [3.05, 3.63) is 17.5 Å². The third-order valence-corrected chi connectivity index (χ3v) is 2.94. The van der Waals surface area contributed by atoms with Gasteiger partial charge in [0, 0.05) is 22.3 Å². The normalized spacial score (nSPS) is 13.4. The van der Waals surface area contributed by atoms with Gasteiger partial charge in [-0.15, -0.1) is 0 Å². The monoisotopic (exact) mass is 290 g/mol. The molecule has 1 aromatic rings. The fraction of sp³-hybridized carbons (Fsp3) is 0.625. The lowest BCUT2D eigenvalue weighted by atomic mass is 10.2. The molecule has 0 atom stereocenters. The lowest BCUT2D eigenvalue weighted by Gasteiger charge is -2.14. The molecule has 0 unspecified atom stereocenters. The van der Waals surface area contributed by atoms with Gasteiger partial charge in [-0.25, -0.2) is 8.42 Å². The summed E-state index contributed by atoms with van der Waals surface area (Å²) in [5, 5.41) is 3.54. The number of hydrogen-bond donors (Lipinski definition) is 0. The van der Waals surface area contributed by atoms with Crippen molar-refractivity contribution in [3.8, 4) is 0 Å². The molecule has 0 aromatic carbocycles. The van der Waals surface area contributed by atoms with E-state index in [0.29, 0.717) is 0 Å². The van der Waals surface area contributed by atoms with Crippen LogP contribution in [0.3, 0.4) is 0 Å². The van der Waals surface area contributed by atoms with Crippen molar-refractivity contribution >= 4 is 19.7 Å². The summed E-state index contributed by atoms with van der Waals surface area (Å²) in [5.74, 6) is -0.893. The first-order valence-corrected chi connectivity index (χ1v) is 7.06. The highest BCUT2D eigenvalue weighted by molar-refractivity contribution is 8.13. The van der Waals surface area contributed by atoms with Crippen molar-refractivity contribution in [2.24, 2.45) is 0 Å². The lowest BCUT2D eigenvalue weighted by molar-refractivity contribution is -0.145. The highest BCUT2D eigenvalue weighted by atomic mass is 35.7. The molecule has 98 valence electrons. The van der Waals surface area contributed by atoms with Gasteiger partial charge in [0.1, 0.15) is 5.69 Å². The smallest absolute Gasteiger partial charge is 0.258 e. The summed E-state index contributed by atoms with van der Waals surface area (Å²) in [5.41, 5.74) is -1.52. The van der Waals surface area contributed by atoms with Crippen LogP contribution in [0.25, 0.3) is 0 Å². The summed E-state index contributed by atoms with van der Waals surface area (Å²) in [7, 11) is 0.893. The minimum absolute atomic E-state index is 0.443. The van der Waals surface area contributed by atoms with Crippen LogP contribution in [-0.4, -0.2) is 18.2 Å². The quantitative estimate of drug-likeness (QED) is 0.804. The maximum atomic E-state index is 12.8. The van der Waals surface area contributed by atoms with E-state index in [2.05, 4.69) is 5.10 Å². The van der Waals surface area contributed by atoms with Crippen LogP contribution < -0.4 is 0 Å². The zero-order valence-electron chi connectivity index (χ0n) is 8.99. The van der Waals surface area contributed by atoms with Crippen LogP contribution in [0.15, 0.2) is 6.20 Å². The van der Waals surface area contributed by atoms with Crippen LogP contribution in [0.1, 0.15) is 31.1 Å². The highest BCUT2D eigenvalue weighted by Gasteiger charge is 2.39. The maximum Gasteiger partial charge on any atom is 0.433 e. The molecule has 0 aliphatic rings. The molecule has 0 bridgehead atoms. The SMILES string of the molecule is CC(C)n1ncc(CS(=O)(=O)Cl)c1C(F)(F)F. The summed E-state index contributed by atoms with van der Waals surface area (Å²) in [4.78, 5) is 0. The Hall–Kier alpha value is -0.760. The third kappa shape index (κ3) is 3.60. The predicted molar refractivity (Wildman–Crippen MR) is 56.1 cm³/mol. The van der Waals surface area contributed by atoms with E-state index in [1.54, 1.807) is 0 Å². The summed E-state index contributed by atoms with van der Waals surface area (Å²) in [6.07, 6.45) is -3.79. The molecule has 0 aliphatic carbocycles. The van der Waals surface area contributed by atoms with Crippen molar-refractivity contribution in [2.75, 3.05) is 0 Å². The van der Waals surface area contributed by atoms with Gasteiger partial charge >= 0.3 is 6.18 Å². The van der Waals surface area contributed by atoms with Gasteiger partial charge in [0.15, 0.2) is 0 Å². The topological polar surface area (TPSA) is 52.0 Å². The minimum Gasteiger partial charge on any atom is -0.258 e. The molecule has 0 spiro atoms. The Labute approximate surface area is 101 Å². The van der Waals surface area contributed by atoms with E-state index in [4.69, 9.17) is 10.7 Å². The number of nitrogens with zero attached hydrogens (tertiary/aromatic N) is 2. The van der Waals surface area contributed by atoms with Gasteiger partial charge in [-0.2, -0.15) is 18.3 Å². The summed E-state index contributed by atoms with van der Waals surface area (Å²) < 4.78 is 60.7. The number of alkyl halides is 3. The van der Waals surface area contributed by atoms with Gasteiger partial charge in [0.25, 0.3) is 0 Å². The zero-order chi connectivity index (χ0) is 13.4. The molecule has 0 N–H and O–H groups in total. The Kier molecular flexibility index (Phi) is 3.78. The first kappa shape index (κ1) is 14.3. The second kappa shape index (κ2) is 4.49. The van der Waals surface area contributed by atoms with Gasteiger partial charge in [-0.3, -0.25) is 4.68 Å². The Balaban J connectivity index is 3.34. The number of rotatable bonds is 3. The summed E-state index contributed by atoms with van der Waals surface area (Å²) >= 11 is 0. The maximum absolute atomic E-state index is 12.8. The van der Waals surface area contributed by atoms with Crippen molar-refractivity contribution < 1.29 is 21.6 Å². The zero-order valence-corrected chi connectivity index (χ0v) is 10.6. The van der Waals surface area contributed by atoms with Crippen molar-refractivity contribution in [1.29, 1.82) is 0 Å². The molecule has 0 radical (unpaired) electrons. The average molecular weight is 291 g/mol. The Morgan fingerprint density at radius 1 is 1.47 bits per heavy atom. The Morgan fingerprint density at radius 2 is 2.00 bits per heavy atom. The fourth-order valence-corrected chi connectivity index (χ4v) is 2.33. The first-order chi connectivity index (χ1) is 7.52. The van der Waals surface area contributed by atoms with E-state index < -0.39 is 38.3 Å². The second-order valence-corrected chi connectivity index (χ2v) is 6.51. The summed E-state index contributed by atoms with van der Waals surface area (Å²) in [6, 6.07) is -0.529. The fourth-order valence-electron chi connectivity index (χ4n) is 1.39. The lowest BCUT2D eigenvalue weighted by Crippen LogP contribution is -2.18. The molecule has 0 saturated heterocycles. The van der Waals surface area contributed by atoms with E-state index >= 15 is 0 Å². The van der Waals surface area contributed by atoms with E-state index in [9.17, 15) is 21.6 Å². The minimum atomic E-state index is -4.67. The largest absolute Gasteiger partial charge is 0.433 e. The third-order valence-electron chi connectivity index (χ3n) is 1.96. The predicted octanol–water partition coefficient (Wildman–Crippen LogP) is 2.55. The summed E-state index contributed by atoms with van der Waals surface area (Å²) in [6.45, 7) is 3.03. The van der Waals surface area contributed by atoms with Gasteiger partial charge in [0.05, 0.1) is 11.9 Å². The van der Waals surface area contributed by atoms with E-state index in [0.717, 1.165) is 10.9 Å². The molecule has 1 heterocycles. The molecule has 17 heavy (non-hydrogen) atoms. The van der Waals surface area contributed by atoms with E-state index in [1.165, 1.54) is 13.8 Å². The number of hydrogen-bond acceptors (Lipinski definition) is 3. The Bertz CT molecular complexity index is 507. The van der Waals surface area contributed by atoms with Gasteiger partial charge in [-0.05, 0) is 13.8 Å².